The van der Waals surface area contributed by atoms with Crippen LogP contribution in [0.4, 0.5) is 5.69 Å². The minimum atomic E-state index is -3.05. The highest BCUT2D eigenvalue weighted by molar-refractivity contribution is 14.0. The number of benzene rings is 1. The number of guanidine groups is 1. The van der Waals surface area contributed by atoms with Gasteiger partial charge in [0.1, 0.15) is 0 Å². The number of hydrogen-bond donors (Lipinski definition) is 2. The SMILES string of the molecule is CS(=O)(=O)N1CC(CN=C(N)Nc2ccccc2)C1.I. The molecule has 0 saturated carbocycles. The number of hydrogen-bond acceptors (Lipinski definition) is 3. The normalized spacial score (nSPS) is 17.1. The fraction of sp³-hybridized carbons (Fsp3) is 0.417. The zero-order valence-corrected chi connectivity index (χ0v) is 14.3. The first-order valence-electron chi connectivity index (χ1n) is 6.02. The molecular formula is C12H19IN4O2S. The number of nitrogens with one attached hydrogen (secondary N) is 1. The Labute approximate surface area is 136 Å². The standard InChI is InChI=1S/C12H18N4O2S.HI/c1-19(17,18)16-8-10(9-16)7-14-12(13)15-11-5-3-2-4-6-11;/h2-6,10H,7-9H2,1H3,(H3,13,14,15);1H. The maximum Gasteiger partial charge on any atom is 0.211 e. The van der Waals surface area contributed by atoms with E-state index in [4.69, 9.17) is 5.73 Å². The van der Waals surface area contributed by atoms with Gasteiger partial charge in [0.15, 0.2) is 5.96 Å². The topological polar surface area (TPSA) is 87.8 Å². The number of halogens is 1. The molecule has 6 nitrogen and oxygen atoms in total. The van der Waals surface area contributed by atoms with Crippen LogP contribution in [0.2, 0.25) is 0 Å². The Morgan fingerprint density at radius 1 is 1.40 bits per heavy atom. The van der Waals surface area contributed by atoms with Crippen LogP contribution in [-0.2, 0) is 10.0 Å². The summed E-state index contributed by atoms with van der Waals surface area (Å²) in [5.74, 6) is 0.606. The molecule has 1 aliphatic rings. The Morgan fingerprint density at radius 3 is 2.55 bits per heavy atom. The second-order valence-corrected chi connectivity index (χ2v) is 6.65. The number of sulfonamides is 1. The summed E-state index contributed by atoms with van der Waals surface area (Å²) in [6.07, 6.45) is 1.22. The van der Waals surface area contributed by atoms with Crippen LogP contribution in [0.15, 0.2) is 35.3 Å². The van der Waals surface area contributed by atoms with Gasteiger partial charge in [0.25, 0.3) is 0 Å². The Hall–Kier alpha value is -0.870. The van der Waals surface area contributed by atoms with E-state index in [2.05, 4.69) is 10.3 Å². The Balaban J connectivity index is 0.00000200. The van der Waals surface area contributed by atoms with E-state index in [0.29, 0.717) is 25.6 Å². The van der Waals surface area contributed by atoms with Gasteiger partial charge in [0, 0.05) is 31.2 Å². The number of nitrogens with zero attached hydrogens (tertiary/aromatic N) is 2. The van der Waals surface area contributed by atoms with E-state index in [1.165, 1.54) is 10.6 Å². The molecule has 0 radical (unpaired) electrons. The van der Waals surface area contributed by atoms with E-state index in [-0.39, 0.29) is 29.9 Å². The van der Waals surface area contributed by atoms with E-state index in [0.717, 1.165) is 5.69 Å². The minimum absolute atomic E-state index is 0. The van der Waals surface area contributed by atoms with Gasteiger partial charge >= 0.3 is 0 Å². The van der Waals surface area contributed by atoms with Gasteiger partial charge in [-0.15, -0.1) is 24.0 Å². The maximum atomic E-state index is 11.2. The molecule has 112 valence electrons. The first-order valence-corrected chi connectivity index (χ1v) is 7.87. The summed E-state index contributed by atoms with van der Waals surface area (Å²) in [5.41, 5.74) is 6.64. The van der Waals surface area contributed by atoms with Crippen LogP contribution < -0.4 is 11.1 Å². The molecule has 0 spiro atoms. The summed E-state index contributed by atoms with van der Waals surface area (Å²) < 4.78 is 23.8. The molecule has 1 fully saturated rings. The van der Waals surface area contributed by atoms with Crippen LogP contribution in [0.5, 0.6) is 0 Å². The Bertz CT molecular complexity index is 556. The molecule has 1 aromatic rings. The third-order valence-electron chi connectivity index (χ3n) is 2.96. The molecular weight excluding hydrogens is 391 g/mol. The molecule has 1 heterocycles. The fourth-order valence-corrected chi connectivity index (χ4v) is 2.81. The first-order chi connectivity index (χ1) is 8.95. The first kappa shape index (κ1) is 17.2. The number of rotatable bonds is 4. The Morgan fingerprint density at radius 2 is 2.00 bits per heavy atom. The molecule has 0 aliphatic carbocycles. The van der Waals surface area contributed by atoms with Crippen molar-refractivity contribution in [1.82, 2.24) is 4.31 Å². The van der Waals surface area contributed by atoms with Gasteiger partial charge in [-0.3, -0.25) is 4.99 Å². The quantitative estimate of drug-likeness (QED) is 0.439. The van der Waals surface area contributed by atoms with Crippen LogP contribution in [-0.4, -0.2) is 44.6 Å². The van der Waals surface area contributed by atoms with Crippen LogP contribution >= 0.6 is 24.0 Å². The molecule has 0 amide bonds. The van der Waals surface area contributed by atoms with E-state index < -0.39 is 10.0 Å². The number of aliphatic imine (C=N–C) groups is 1. The molecule has 0 aromatic heterocycles. The van der Waals surface area contributed by atoms with Crippen molar-refractivity contribution in [2.45, 2.75) is 0 Å². The van der Waals surface area contributed by atoms with Crippen molar-refractivity contribution < 1.29 is 8.42 Å². The smallest absolute Gasteiger partial charge is 0.211 e. The second kappa shape index (κ2) is 7.23. The van der Waals surface area contributed by atoms with Crippen molar-refractivity contribution in [2.75, 3.05) is 31.2 Å². The summed E-state index contributed by atoms with van der Waals surface area (Å²) in [4.78, 5) is 4.22. The third kappa shape index (κ3) is 4.91. The van der Waals surface area contributed by atoms with Crippen LogP contribution in [0, 0.1) is 5.92 Å². The number of nitrogens with two attached hydrogens (primary N) is 1. The lowest BCUT2D eigenvalue weighted by atomic mass is 10.0. The number of anilines is 1. The van der Waals surface area contributed by atoms with Gasteiger partial charge < -0.3 is 11.1 Å². The monoisotopic (exact) mass is 410 g/mol. The average molecular weight is 410 g/mol. The summed E-state index contributed by atoms with van der Waals surface area (Å²) in [5, 5.41) is 2.98. The van der Waals surface area contributed by atoms with Crippen LogP contribution in [0.1, 0.15) is 0 Å². The lowest BCUT2D eigenvalue weighted by Gasteiger charge is -2.36. The van der Waals surface area contributed by atoms with Gasteiger partial charge in [-0.05, 0) is 12.1 Å². The molecule has 20 heavy (non-hydrogen) atoms. The fourth-order valence-electron chi connectivity index (χ4n) is 1.85. The van der Waals surface area contributed by atoms with E-state index >= 15 is 0 Å². The van der Waals surface area contributed by atoms with E-state index in [9.17, 15) is 8.42 Å². The molecule has 0 atom stereocenters. The highest BCUT2D eigenvalue weighted by Gasteiger charge is 2.32. The maximum absolute atomic E-state index is 11.2. The molecule has 1 saturated heterocycles. The second-order valence-electron chi connectivity index (χ2n) is 4.66. The summed E-state index contributed by atoms with van der Waals surface area (Å²) >= 11 is 0. The van der Waals surface area contributed by atoms with Gasteiger partial charge in [0.2, 0.25) is 10.0 Å². The Kier molecular flexibility index (Phi) is 6.21. The highest BCUT2D eigenvalue weighted by Crippen LogP contribution is 2.18. The largest absolute Gasteiger partial charge is 0.370 e. The highest BCUT2D eigenvalue weighted by atomic mass is 127. The predicted octanol–water partition coefficient (Wildman–Crippen LogP) is 0.923. The summed E-state index contributed by atoms with van der Waals surface area (Å²) in [6, 6.07) is 9.54. The van der Waals surface area contributed by atoms with Crippen molar-refractivity contribution in [2.24, 2.45) is 16.6 Å². The molecule has 1 aliphatic heterocycles. The zero-order chi connectivity index (χ0) is 13.9. The van der Waals surface area contributed by atoms with Crippen molar-refractivity contribution in [3.05, 3.63) is 30.3 Å². The summed E-state index contributed by atoms with van der Waals surface area (Å²) in [7, 11) is -3.05. The summed E-state index contributed by atoms with van der Waals surface area (Å²) in [6.45, 7) is 1.60. The third-order valence-corrected chi connectivity index (χ3v) is 4.19. The molecule has 8 heteroatoms. The van der Waals surface area contributed by atoms with Gasteiger partial charge in [-0.2, -0.15) is 0 Å². The lowest BCUT2D eigenvalue weighted by molar-refractivity contribution is 0.209. The van der Waals surface area contributed by atoms with Crippen molar-refractivity contribution in [3.8, 4) is 0 Å². The predicted molar refractivity (Wildman–Crippen MR) is 91.9 cm³/mol. The molecule has 0 unspecified atom stereocenters. The lowest BCUT2D eigenvalue weighted by Crippen LogP contribution is -2.50. The zero-order valence-electron chi connectivity index (χ0n) is 11.2. The van der Waals surface area contributed by atoms with Gasteiger partial charge in [-0.25, -0.2) is 12.7 Å². The van der Waals surface area contributed by atoms with E-state index in [1.54, 1.807) is 0 Å². The minimum Gasteiger partial charge on any atom is -0.370 e. The number of para-hydroxylation sites is 1. The van der Waals surface area contributed by atoms with Gasteiger partial charge in [0.05, 0.1) is 6.26 Å². The average Bonchev–Trinajstić information content (AvgIpc) is 2.26. The van der Waals surface area contributed by atoms with Crippen molar-refractivity contribution in [1.29, 1.82) is 0 Å². The van der Waals surface area contributed by atoms with Crippen molar-refractivity contribution >= 4 is 45.6 Å². The van der Waals surface area contributed by atoms with Crippen LogP contribution in [0.3, 0.4) is 0 Å². The van der Waals surface area contributed by atoms with Gasteiger partial charge in [-0.1, -0.05) is 18.2 Å². The molecule has 1 aromatic carbocycles. The molecule has 0 bridgehead atoms. The van der Waals surface area contributed by atoms with E-state index in [1.807, 2.05) is 30.3 Å². The van der Waals surface area contributed by atoms with Crippen LogP contribution in [0.25, 0.3) is 0 Å². The molecule has 2 rings (SSSR count). The van der Waals surface area contributed by atoms with Crippen molar-refractivity contribution in [3.63, 3.8) is 0 Å². The molecule has 3 N–H and O–H groups in total.